The summed E-state index contributed by atoms with van der Waals surface area (Å²) in [6, 6.07) is 8.54. The number of aromatic nitrogens is 3. The summed E-state index contributed by atoms with van der Waals surface area (Å²) in [6.07, 6.45) is 8.24. The van der Waals surface area contributed by atoms with Crippen molar-refractivity contribution in [2.75, 3.05) is 7.11 Å². The van der Waals surface area contributed by atoms with E-state index >= 15 is 0 Å². The van der Waals surface area contributed by atoms with Gasteiger partial charge in [-0.3, -0.25) is 0 Å². The van der Waals surface area contributed by atoms with Crippen molar-refractivity contribution in [3.05, 3.63) is 46.8 Å². The fourth-order valence-corrected chi connectivity index (χ4v) is 7.36. The second-order valence-electron chi connectivity index (χ2n) is 7.56. The first-order chi connectivity index (χ1) is 15.8. The third kappa shape index (κ3) is 4.12. The van der Waals surface area contributed by atoms with Crippen molar-refractivity contribution in [3.63, 3.8) is 0 Å². The molecule has 0 unspecified atom stereocenters. The molecule has 0 spiro atoms. The molecule has 0 saturated heterocycles. The zero-order valence-corrected chi connectivity index (χ0v) is 21.2. The van der Waals surface area contributed by atoms with Gasteiger partial charge in [0.15, 0.2) is 0 Å². The van der Waals surface area contributed by atoms with Crippen LogP contribution in [0.5, 0.6) is 5.75 Å². The molecule has 0 bridgehead atoms. The Morgan fingerprint density at radius 3 is 2.50 bits per heavy atom. The molecule has 5 aromatic rings. The molecule has 0 radical (unpaired) electrons. The molecule has 0 saturated carbocycles. The van der Waals surface area contributed by atoms with Crippen LogP contribution in [0.15, 0.2) is 41.2 Å². The van der Waals surface area contributed by atoms with Crippen LogP contribution >= 0.6 is 45.7 Å². The van der Waals surface area contributed by atoms with E-state index in [1.54, 1.807) is 41.1 Å². The van der Waals surface area contributed by atoms with Gasteiger partial charge in [0, 0.05) is 17.3 Å². The number of aryl methyl sites for hydroxylation is 1. The smallest absolute Gasteiger partial charge is 0.137 e. The van der Waals surface area contributed by atoms with Gasteiger partial charge >= 0.3 is 0 Å². The maximum atomic E-state index is 5.54. The monoisotopic (exact) mass is 497 g/mol. The number of benzene rings is 1. The van der Waals surface area contributed by atoms with E-state index < -0.39 is 0 Å². The molecule has 4 heterocycles. The Balaban J connectivity index is 1.47. The van der Waals surface area contributed by atoms with Gasteiger partial charge in [-0.1, -0.05) is 38.3 Å². The van der Waals surface area contributed by atoms with Gasteiger partial charge in [-0.2, -0.15) is 8.75 Å². The molecule has 0 amide bonds. The molecule has 1 aromatic carbocycles. The van der Waals surface area contributed by atoms with Crippen LogP contribution in [0.4, 0.5) is 0 Å². The number of hydrogen-bond donors (Lipinski definition) is 0. The maximum absolute atomic E-state index is 5.54. The van der Waals surface area contributed by atoms with Gasteiger partial charge in [-0.15, -0.1) is 34.0 Å². The summed E-state index contributed by atoms with van der Waals surface area (Å²) in [4.78, 5) is 8.33. The molecular formula is C24H23N3OS4. The van der Waals surface area contributed by atoms with Crippen molar-refractivity contribution < 1.29 is 4.74 Å². The summed E-state index contributed by atoms with van der Waals surface area (Å²) >= 11 is 6.46. The summed E-state index contributed by atoms with van der Waals surface area (Å²) in [5, 5.41) is 5.34. The normalized spacial score (nSPS) is 11.4. The molecule has 0 aliphatic rings. The zero-order chi connectivity index (χ0) is 21.9. The van der Waals surface area contributed by atoms with Crippen LogP contribution in [0.2, 0.25) is 0 Å². The maximum Gasteiger partial charge on any atom is 0.137 e. The minimum absolute atomic E-state index is 0.876. The predicted molar refractivity (Wildman–Crippen MR) is 140 cm³/mol. The van der Waals surface area contributed by atoms with Crippen LogP contribution in [0.25, 0.3) is 41.8 Å². The van der Waals surface area contributed by atoms with E-state index in [9.17, 15) is 0 Å². The van der Waals surface area contributed by atoms with Crippen molar-refractivity contribution in [3.8, 4) is 36.5 Å². The lowest BCUT2D eigenvalue weighted by Gasteiger charge is -2.05. The second-order valence-corrected chi connectivity index (χ2v) is 10.9. The van der Waals surface area contributed by atoms with E-state index in [0.717, 1.165) is 49.1 Å². The molecule has 4 aromatic heterocycles. The summed E-state index contributed by atoms with van der Waals surface area (Å²) in [6.45, 7) is 2.26. The SMILES string of the molecule is CCCCCCc1ccsc1-c1ncc(-c2ccc(-c3sccc3OC)c3nsnc23)s1. The number of hydrogen-bond acceptors (Lipinski definition) is 8. The highest BCUT2D eigenvalue weighted by atomic mass is 32.1. The third-order valence-electron chi connectivity index (χ3n) is 5.52. The molecule has 8 heteroatoms. The van der Waals surface area contributed by atoms with Crippen molar-refractivity contribution in [1.29, 1.82) is 0 Å². The van der Waals surface area contributed by atoms with Crippen molar-refractivity contribution in [2.45, 2.75) is 39.0 Å². The van der Waals surface area contributed by atoms with Gasteiger partial charge < -0.3 is 4.74 Å². The summed E-state index contributed by atoms with van der Waals surface area (Å²) in [7, 11) is 1.71. The van der Waals surface area contributed by atoms with Gasteiger partial charge in [0.25, 0.3) is 0 Å². The summed E-state index contributed by atoms with van der Waals surface area (Å²) < 4.78 is 14.8. The lowest BCUT2D eigenvalue weighted by Crippen LogP contribution is -1.86. The Morgan fingerprint density at radius 1 is 0.875 bits per heavy atom. The third-order valence-corrected chi connectivity index (χ3v) is 9.12. The topological polar surface area (TPSA) is 47.9 Å². The van der Waals surface area contributed by atoms with Gasteiger partial charge in [0.05, 0.1) is 33.5 Å². The lowest BCUT2D eigenvalue weighted by atomic mass is 10.1. The van der Waals surface area contributed by atoms with E-state index in [1.807, 2.05) is 17.6 Å². The minimum Gasteiger partial charge on any atom is -0.495 e. The van der Waals surface area contributed by atoms with E-state index in [4.69, 9.17) is 9.72 Å². The van der Waals surface area contributed by atoms with Crippen molar-refractivity contribution in [2.24, 2.45) is 0 Å². The van der Waals surface area contributed by atoms with Crippen LogP contribution in [-0.2, 0) is 6.42 Å². The van der Waals surface area contributed by atoms with Crippen LogP contribution in [-0.4, -0.2) is 20.8 Å². The predicted octanol–water partition coefficient (Wildman–Crippen LogP) is 8.40. The van der Waals surface area contributed by atoms with E-state index in [2.05, 4.69) is 39.2 Å². The molecule has 0 atom stereocenters. The second kappa shape index (κ2) is 9.79. The Bertz CT molecular complexity index is 1330. The largest absolute Gasteiger partial charge is 0.495 e. The first kappa shape index (κ1) is 21.7. The Labute approximate surface area is 203 Å². The molecule has 0 fully saturated rings. The minimum atomic E-state index is 0.876. The first-order valence-corrected chi connectivity index (χ1v) is 14.0. The highest BCUT2D eigenvalue weighted by molar-refractivity contribution is 7.23. The molecule has 32 heavy (non-hydrogen) atoms. The highest BCUT2D eigenvalue weighted by Crippen LogP contribution is 2.43. The Kier molecular flexibility index (Phi) is 6.64. The average Bonchev–Trinajstić information content (AvgIpc) is 3.61. The molecule has 0 aliphatic carbocycles. The summed E-state index contributed by atoms with van der Waals surface area (Å²) in [5.41, 5.74) is 5.45. The number of fused-ring (bicyclic) bond motifs is 1. The number of unbranched alkanes of at least 4 members (excludes halogenated alkanes) is 3. The summed E-state index contributed by atoms with van der Waals surface area (Å²) in [5.74, 6) is 0.876. The van der Waals surface area contributed by atoms with Crippen molar-refractivity contribution >= 4 is 56.8 Å². The highest BCUT2D eigenvalue weighted by Gasteiger charge is 2.19. The molecular weight excluding hydrogens is 475 g/mol. The molecule has 0 aliphatic heterocycles. The fraction of sp³-hybridized carbons (Fsp3) is 0.292. The average molecular weight is 498 g/mol. The van der Waals surface area contributed by atoms with Gasteiger partial charge in [0.1, 0.15) is 21.8 Å². The van der Waals surface area contributed by atoms with Gasteiger partial charge in [-0.05, 0) is 41.3 Å². The van der Waals surface area contributed by atoms with Gasteiger partial charge in [0.2, 0.25) is 0 Å². The van der Waals surface area contributed by atoms with E-state index in [-0.39, 0.29) is 0 Å². The standard InChI is InChI=1S/C24H23N3OS4/c1-3-4-5-6-7-15-10-12-29-22(15)24-25-14-19(31-24)16-8-9-17(21-20(16)26-32-27-21)23-18(28-2)11-13-30-23/h8-14H,3-7H2,1-2H3. The van der Waals surface area contributed by atoms with Crippen LogP contribution in [0.1, 0.15) is 38.2 Å². The molecule has 0 N–H and O–H groups in total. The van der Waals surface area contributed by atoms with Crippen molar-refractivity contribution in [1.82, 2.24) is 13.7 Å². The number of thiazole rings is 1. The molecule has 164 valence electrons. The fourth-order valence-electron chi connectivity index (χ4n) is 3.87. The lowest BCUT2D eigenvalue weighted by molar-refractivity contribution is 0.418. The molecule has 5 rings (SSSR count). The van der Waals surface area contributed by atoms with Crippen LogP contribution in [0, 0.1) is 0 Å². The Hall–Kier alpha value is -2.13. The Morgan fingerprint density at radius 2 is 1.66 bits per heavy atom. The number of methoxy groups -OCH3 is 1. The van der Waals surface area contributed by atoms with E-state index in [1.165, 1.54) is 47.9 Å². The van der Waals surface area contributed by atoms with Crippen LogP contribution in [0.3, 0.4) is 0 Å². The molecule has 4 nitrogen and oxygen atoms in total. The van der Waals surface area contributed by atoms with E-state index in [0.29, 0.717) is 0 Å². The first-order valence-electron chi connectivity index (χ1n) is 10.7. The zero-order valence-electron chi connectivity index (χ0n) is 18.0. The van der Waals surface area contributed by atoms with Crippen LogP contribution < -0.4 is 4.74 Å². The number of thiophene rings is 2. The number of ether oxygens (including phenoxy) is 1. The number of nitrogens with zero attached hydrogens (tertiary/aromatic N) is 3. The quantitative estimate of drug-likeness (QED) is 0.192. The number of rotatable bonds is 9. The van der Waals surface area contributed by atoms with Gasteiger partial charge in [-0.25, -0.2) is 4.98 Å².